The highest BCUT2D eigenvalue weighted by molar-refractivity contribution is 6.34. The predicted octanol–water partition coefficient (Wildman–Crippen LogP) is 3.48. The molecule has 0 saturated heterocycles. The Labute approximate surface area is 152 Å². The van der Waals surface area contributed by atoms with Gasteiger partial charge in [0, 0.05) is 0 Å². The van der Waals surface area contributed by atoms with Gasteiger partial charge in [-0.05, 0) is 43.2 Å². The minimum atomic E-state index is -0.328. The maximum atomic E-state index is 12.0. The fraction of sp³-hybridized carbons (Fsp3) is 0.263. The molecule has 0 unspecified atom stereocenters. The molecule has 2 N–H and O–H groups in total. The monoisotopic (exact) mass is 360 g/mol. The van der Waals surface area contributed by atoms with Crippen LogP contribution in [0.3, 0.4) is 0 Å². The molecule has 2 aromatic rings. The Morgan fingerprint density at radius 2 is 1.80 bits per heavy atom. The summed E-state index contributed by atoms with van der Waals surface area (Å²) in [7, 11) is 0. The fourth-order valence-corrected chi connectivity index (χ4v) is 2.67. The molecule has 2 aromatic carbocycles. The summed E-state index contributed by atoms with van der Waals surface area (Å²) in [6.07, 6.45) is 0.173. The van der Waals surface area contributed by atoms with Crippen LogP contribution in [0.15, 0.2) is 42.5 Å². The molecule has 2 amide bonds. The Bertz CT molecular complexity index is 725. The maximum absolute atomic E-state index is 12.0. The van der Waals surface area contributed by atoms with Crippen molar-refractivity contribution in [2.24, 2.45) is 0 Å². The molecular formula is C19H21ClN2O3. The molecule has 5 nitrogen and oxygen atoms in total. The molecule has 0 radical (unpaired) electrons. The molecule has 0 atom stereocenters. The van der Waals surface area contributed by atoms with Gasteiger partial charge in [0.25, 0.3) is 0 Å². The number of aryl methyl sites for hydroxylation is 2. The Morgan fingerprint density at radius 3 is 2.48 bits per heavy atom. The van der Waals surface area contributed by atoms with Crippen LogP contribution in [-0.4, -0.2) is 25.0 Å². The third-order valence-corrected chi connectivity index (χ3v) is 3.78. The first-order chi connectivity index (χ1) is 12.0. The minimum Gasteiger partial charge on any atom is -0.493 e. The lowest BCUT2D eigenvalue weighted by Crippen LogP contribution is -2.33. The summed E-state index contributed by atoms with van der Waals surface area (Å²) in [5.74, 6) is 0.126. The van der Waals surface area contributed by atoms with Gasteiger partial charge in [-0.3, -0.25) is 9.59 Å². The van der Waals surface area contributed by atoms with Gasteiger partial charge < -0.3 is 15.4 Å². The highest BCUT2D eigenvalue weighted by Gasteiger charge is 2.11. The van der Waals surface area contributed by atoms with Crippen molar-refractivity contribution < 1.29 is 14.3 Å². The second kappa shape index (κ2) is 9.08. The smallest absolute Gasteiger partial charge is 0.243 e. The molecule has 0 heterocycles. The zero-order valence-electron chi connectivity index (χ0n) is 14.3. The summed E-state index contributed by atoms with van der Waals surface area (Å²) in [5.41, 5.74) is 2.46. The number of hydrogen-bond donors (Lipinski definition) is 2. The van der Waals surface area contributed by atoms with Crippen molar-refractivity contribution in [3.05, 3.63) is 58.6 Å². The van der Waals surface area contributed by atoms with E-state index in [0.717, 1.165) is 11.1 Å². The number of carbonyl (C=O) groups is 2. The predicted molar refractivity (Wildman–Crippen MR) is 99.1 cm³/mol. The van der Waals surface area contributed by atoms with Crippen LogP contribution in [0.5, 0.6) is 5.75 Å². The molecule has 0 bridgehead atoms. The van der Waals surface area contributed by atoms with Crippen molar-refractivity contribution in [2.75, 3.05) is 18.5 Å². The lowest BCUT2D eigenvalue weighted by Gasteiger charge is -2.12. The fourth-order valence-electron chi connectivity index (χ4n) is 2.30. The normalized spacial score (nSPS) is 10.2. The van der Waals surface area contributed by atoms with E-state index < -0.39 is 0 Å². The summed E-state index contributed by atoms with van der Waals surface area (Å²) < 4.78 is 5.44. The van der Waals surface area contributed by atoms with Crippen LogP contribution in [0.1, 0.15) is 17.5 Å². The number of para-hydroxylation sites is 1. The Hall–Kier alpha value is -2.53. The lowest BCUT2D eigenvalue weighted by molar-refractivity contribution is -0.124. The van der Waals surface area contributed by atoms with Crippen molar-refractivity contribution in [1.29, 1.82) is 0 Å². The molecule has 2 rings (SSSR count). The van der Waals surface area contributed by atoms with Crippen LogP contribution in [0, 0.1) is 13.8 Å². The van der Waals surface area contributed by atoms with Crippen LogP contribution in [0.25, 0.3) is 0 Å². The van der Waals surface area contributed by atoms with Gasteiger partial charge in [0.2, 0.25) is 11.8 Å². The number of ether oxygens (including phenoxy) is 1. The van der Waals surface area contributed by atoms with Crippen LogP contribution in [0.2, 0.25) is 5.02 Å². The molecule has 0 aromatic heterocycles. The van der Waals surface area contributed by atoms with Gasteiger partial charge in [-0.1, -0.05) is 35.9 Å². The third-order valence-electron chi connectivity index (χ3n) is 3.48. The van der Waals surface area contributed by atoms with E-state index in [1.807, 2.05) is 50.2 Å². The van der Waals surface area contributed by atoms with Crippen molar-refractivity contribution in [3.8, 4) is 5.75 Å². The van der Waals surface area contributed by atoms with E-state index in [0.29, 0.717) is 16.5 Å². The molecule has 132 valence electrons. The average Bonchev–Trinajstić information content (AvgIpc) is 2.57. The van der Waals surface area contributed by atoms with E-state index in [-0.39, 0.29) is 31.4 Å². The number of amides is 2. The van der Waals surface area contributed by atoms with Crippen LogP contribution in [-0.2, 0) is 9.59 Å². The van der Waals surface area contributed by atoms with Crippen LogP contribution < -0.4 is 15.4 Å². The first-order valence-electron chi connectivity index (χ1n) is 7.97. The van der Waals surface area contributed by atoms with Crippen molar-refractivity contribution in [3.63, 3.8) is 0 Å². The van der Waals surface area contributed by atoms with Crippen LogP contribution >= 0.6 is 11.6 Å². The van der Waals surface area contributed by atoms with Gasteiger partial charge in [-0.15, -0.1) is 0 Å². The molecular weight excluding hydrogens is 340 g/mol. The Morgan fingerprint density at radius 1 is 1.08 bits per heavy atom. The van der Waals surface area contributed by atoms with Crippen molar-refractivity contribution >= 4 is 29.1 Å². The topological polar surface area (TPSA) is 67.4 Å². The summed E-state index contributed by atoms with van der Waals surface area (Å²) in [6.45, 7) is 3.93. The summed E-state index contributed by atoms with van der Waals surface area (Å²) >= 11 is 6.15. The van der Waals surface area contributed by atoms with Gasteiger partial charge in [0.05, 0.1) is 30.3 Å². The van der Waals surface area contributed by atoms with E-state index >= 15 is 0 Å². The molecule has 0 aliphatic heterocycles. The maximum Gasteiger partial charge on any atom is 0.243 e. The highest BCUT2D eigenvalue weighted by Crippen LogP contribution is 2.27. The molecule has 6 heteroatoms. The standard InChI is InChI=1S/C19H21ClN2O3/c1-13-10-14(2)19(16(20)11-13)22-18(24)12-21-17(23)8-9-25-15-6-4-3-5-7-15/h3-7,10-11H,8-9,12H2,1-2H3,(H,21,23)(H,22,24). The second-order valence-corrected chi connectivity index (χ2v) is 6.08. The molecule has 0 saturated carbocycles. The molecule has 0 aliphatic rings. The zero-order valence-corrected chi connectivity index (χ0v) is 15.0. The number of hydrogen-bond acceptors (Lipinski definition) is 3. The van der Waals surface area contributed by atoms with Gasteiger partial charge in [-0.25, -0.2) is 0 Å². The number of halogens is 1. The number of benzene rings is 2. The molecule has 0 fully saturated rings. The summed E-state index contributed by atoms with van der Waals surface area (Å²) in [4.78, 5) is 23.8. The number of rotatable bonds is 7. The quantitative estimate of drug-likeness (QED) is 0.794. The van der Waals surface area contributed by atoms with E-state index in [1.165, 1.54) is 0 Å². The van der Waals surface area contributed by atoms with Crippen molar-refractivity contribution in [1.82, 2.24) is 5.32 Å². The van der Waals surface area contributed by atoms with Crippen molar-refractivity contribution in [2.45, 2.75) is 20.3 Å². The molecule has 0 aliphatic carbocycles. The largest absolute Gasteiger partial charge is 0.493 e. The molecule has 0 spiro atoms. The Kier molecular flexibility index (Phi) is 6.83. The highest BCUT2D eigenvalue weighted by atomic mass is 35.5. The summed E-state index contributed by atoms with van der Waals surface area (Å²) in [6, 6.07) is 13.0. The van der Waals surface area contributed by atoms with E-state index in [1.54, 1.807) is 6.07 Å². The average molecular weight is 361 g/mol. The van der Waals surface area contributed by atoms with E-state index in [2.05, 4.69) is 10.6 Å². The first kappa shape index (κ1) is 18.8. The lowest BCUT2D eigenvalue weighted by atomic mass is 10.1. The number of carbonyl (C=O) groups excluding carboxylic acids is 2. The molecule has 25 heavy (non-hydrogen) atoms. The van der Waals surface area contributed by atoms with Gasteiger partial charge in [0.1, 0.15) is 5.75 Å². The zero-order chi connectivity index (χ0) is 18.2. The van der Waals surface area contributed by atoms with Gasteiger partial charge in [0.15, 0.2) is 0 Å². The van der Waals surface area contributed by atoms with E-state index in [4.69, 9.17) is 16.3 Å². The minimum absolute atomic E-state index is 0.117. The SMILES string of the molecule is Cc1cc(C)c(NC(=O)CNC(=O)CCOc2ccccc2)c(Cl)c1. The van der Waals surface area contributed by atoms with Gasteiger partial charge >= 0.3 is 0 Å². The summed E-state index contributed by atoms with van der Waals surface area (Å²) in [5, 5.41) is 5.77. The second-order valence-electron chi connectivity index (χ2n) is 5.68. The van der Waals surface area contributed by atoms with Gasteiger partial charge in [-0.2, -0.15) is 0 Å². The number of nitrogens with one attached hydrogen (secondary N) is 2. The van der Waals surface area contributed by atoms with Crippen LogP contribution in [0.4, 0.5) is 5.69 Å². The Balaban J connectivity index is 1.73. The number of anilines is 1. The first-order valence-corrected chi connectivity index (χ1v) is 8.34. The third kappa shape index (κ3) is 6.12. The van der Waals surface area contributed by atoms with E-state index in [9.17, 15) is 9.59 Å².